The first kappa shape index (κ1) is 15.4. The molecule has 0 atom stereocenters. The summed E-state index contributed by atoms with van der Waals surface area (Å²) in [6, 6.07) is 5.77. The van der Waals surface area contributed by atoms with Crippen molar-refractivity contribution in [3.8, 4) is 0 Å². The number of hydrogen-bond acceptors (Lipinski definition) is 5. The molecule has 2 N–H and O–H groups in total. The van der Waals surface area contributed by atoms with Gasteiger partial charge in [0.1, 0.15) is 0 Å². The highest BCUT2D eigenvalue weighted by molar-refractivity contribution is 6.15. The van der Waals surface area contributed by atoms with Crippen LogP contribution in [0.15, 0.2) is 28.9 Å². The van der Waals surface area contributed by atoms with Crippen LogP contribution in [0.25, 0.3) is 21.9 Å². The van der Waals surface area contributed by atoms with Crippen molar-refractivity contribution < 1.29 is 19.2 Å². The molecular weight excluding hydrogens is 336 g/mol. The smallest absolute Gasteiger partial charge is 0.329 e. The lowest BCUT2D eigenvalue weighted by molar-refractivity contribution is -0.120. The number of anilines is 1. The van der Waals surface area contributed by atoms with E-state index in [0.29, 0.717) is 23.4 Å². The van der Waals surface area contributed by atoms with Crippen LogP contribution >= 0.6 is 0 Å². The third-order valence-electron chi connectivity index (χ3n) is 5.49. The van der Waals surface area contributed by atoms with Gasteiger partial charge in [0.25, 0.3) is 0 Å². The average Bonchev–Trinajstić information content (AvgIpc) is 3.18. The molecule has 0 bridgehead atoms. The summed E-state index contributed by atoms with van der Waals surface area (Å²) >= 11 is 0. The van der Waals surface area contributed by atoms with Gasteiger partial charge in [-0.1, -0.05) is 5.16 Å². The second-order valence-electron chi connectivity index (χ2n) is 7.03. The van der Waals surface area contributed by atoms with Gasteiger partial charge in [0.15, 0.2) is 11.4 Å². The maximum atomic E-state index is 12.2. The van der Waals surface area contributed by atoms with Crippen molar-refractivity contribution in [1.82, 2.24) is 15.0 Å². The van der Waals surface area contributed by atoms with Crippen molar-refractivity contribution in [1.29, 1.82) is 0 Å². The number of nitrogens with one attached hydrogen (secondary N) is 1. The molecule has 0 radical (unpaired) electrons. The zero-order valence-corrected chi connectivity index (χ0v) is 14.0. The molecule has 2 aromatic heterocycles. The Kier molecular flexibility index (Phi) is 3.30. The lowest BCUT2D eigenvalue weighted by Crippen LogP contribution is -2.49. The topological polar surface area (TPSA) is 101 Å². The fraction of sp³-hybridized carbons (Fsp3) is 0.389. The van der Waals surface area contributed by atoms with E-state index in [4.69, 9.17) is 4.52 Å². The van der Waals surface area contributed by atoms with Gasteiger partial charge in [0.05, 0.1) is 5.39 Å². The van der Waals surface area contributed by atoms with Crippen LogP contribution in [0.1, 0.15) is 25.3 Å². The first-order chi connectivity index (χ1) is 12.7. The Morgan fingerprint density at radius 2 is 2.12 bits per heavy atom. The number of amides is 3. The Morgan fingerprint density at radius 1 is 1.27 bits per heavy atom. The number of urea groups is 1. The number of benzene rings is 1. The van der Waals surface area contributed by atoms with Crippen LogP contribution in [-0.4, -0.2) is 39.9 Å². The van der Waals surface area contributed by atoms with Crippen LogP contribution in [0.2, 0.25) is 0 Å². The number of carbonyl (C=O) groups is 2. The van der Waals surface area contributed by atoms with Crippen LogP contribution < -0.4 is 10.2 Å². The molecule has 3 heterocycles. The first-order valence-electron chi connectivity index (χ1n) is 8.77. The molecule has 1 aromatic carbocycles. The molecule has 26 heavy (non-hydrogen) atoms. The van der Waals surface area contributed by atoms with Crippen LogP contribution in [0.5, 0.6) is 0 Å². The predicted molar refractivity (Wildman–Crippen MR) is 93.9 cm³/mol. The Bertz CT molecular complexity index is 1030. The van der Waals surface area contributed by atoms with Gasteiger partial charge in [-0.2, -0.15) is 0 Å². The molecule has 5 rings (SSSR count). The zero-order chi connectivity index (χ0) is 17.8. The molecule has 3 aromatic rings. The maximum Gasteiger partial charge on any atom is 0.329 e. The molecule has 0 spiro atoms. The molecule has 2 aliphatic rings. The minimum Gasteiger partial charge on any atom is -0.396 e. The van der Waals surface area contributed by atoms with Crippen molar-refractivity contribution >= 4 is 39.6 Å². The van der Waals surface area contributed by atoms with Crippen LogP contribution in [0, 0.1) is 5.92 Å². The number of aromatic nitrogens is 2. The summed E-state index contributed by atoms with van der Waals surface area (Å²) in [6.45, 7) is 0.517. The maximum absolute atomic E-state index is 12.2. The van der Waals surface area contributed by atoms with E-state index < -0.39 is 6.03 Å². The monoisotopic (exact) mass is 354 g/mol. The Morgan fingerprint density at radius 3 is 2.88 bits per heavy atom. The number of aliphatic hydroxyl groups excluding tert-OH is 1. The number of aliphatic hydroxyl groups is 1. The summed E-state index contributed by atoms with van der Waals surface area (Å²) in [7, 11) is 0. The molecular formula is C18H18N4O4. The Hall–Kier alpha value is -2.87. The summed E-state index contributed by atoms with van der Waals surface area (Å²) in [5.41, 5.74) is 1.66. The quantitative estimate of drug-likeness (QED) is 0.751. The molecule has 134 valence electrons. The van der Waals surface area contributed by atoms with E-state index in [1.807, 2.05) is 24.4 Å². The van der Waals surface area contributed by atoms with Crippen molar-refractivity contribution in [2.75, 3.05) is 18.1 Å². The van der Waals surface area contributed by atoms with Crippen molar-refractivity contribution in [3.63, 3.8) is 0 Å². The zero-order valence-electron chi connectivity index (χ0n) is 14.0. The van der Waals surface area contributed by atoms with Gasteiger partial charge in [0, 0.05) is 42.7 Å². The summed E-state index contributed by atoms with van der Waals surface area (Å²) in [5.74, 6) is 0.538. The summed E-state index contributed by atoms with van der Waals surface area (Å²) in [6.07, 6.45) is 4.21. The highest BCUT2D eigenvalue weighted by Gasteiger charge is 2.32. The molecule has 0 unspecified atom stereocenters. The van der Waals surface area contributed by atoms with E-state index in [-0.39, 0.29) is 25.5 Å². The SMILES string of the molecule is O=C1CCN(c2noc3ccc4c(ccn4C4CC(CO)C4)c23)C(=O)N1. The largest absolute Gasteiger partial charge is 0.396 e. The van der Waals surface area contributed by atoms with Crippen molar-refractivity contribution in [2.45, 2.75) is 25.3 Å². The number of hydrogen-bond donors (Lipinski definition) is 2. The third-order valence-corrected chi connectivity index (χ3v) is 5.49. The second kappa shape index (κ2) is 5.57. The minimum atomic E-state index is -0.474. The van der Waals surface area contributed by atoms with Crippen LogP contribution in [-0.2, 0) is 4.79 Å². The molecule has 1 aliphatic heterocycles. The lowest BCUT2D eigenvalue weighted by atomic mass is 9.80. The number of imide groups is 1. The Balaban J connectivity index is 1.60. The average molecular weight is 354 g/mol. The van der Waals surface area contributed by atoms with E-state index in [2.05, 4.69) is 15.0 Å². The van der Waals surface area contributed by atoms with Gasteiger partial charge in [0.2, 0.25) is 5.91 Å². The number of carbonyl (C=O) groups excluding carboxylic acids is 2. The van der Waals surface area contributed by atoms with Gasteiger partial charge in [-0.05, 0) is 37.0 Å². The van der Waals surface area contributed by atoms with Crippen LogP contribution in [0.3, 0.4) is 0 Å². The van der Waals surface area contributed by atoms with Crippen LogP contribution in [0.4, 0.5) is 10.6 Å². The fourth-order valence-electron chi connectivity index (χ4n) is 4.01. The van der Waals surface area contributed by atoms with Gasteiger partial charge in [-0.15, -0.1) is 0 Å². The van der Waals surface area contributed by atoms with Gasteiger partial charge in [-0.3, -0.25) is 15.0 Å². The lowest BCUT2D eigenvalue weighted by Gasteiger charge is -2.35. The van der Waals surface area contributed by atoms with E-state index >= 15 is 0 Å². The third kappa shape index (κ3) is 2.15. The number of fused-ring (bicyclic) bond motifs is 3. The van der Waals surface area contributed by atoms with Crippen molar-refractivity contribution in [2.24, 2.45) is 5.92 Å². The normalized spacial score (nSPS) is 23.5. The minimum absolute atomic E-state index is 0.235. The standard InChI is InChI=1S/C18H18N4O4/c23-9-10-7-11(8-10)21-5-3-12-13(21)1-2-14-16(12)17(20-26-14)22-6-4-15(24)19-18(22)25/h1-3,5,10-11,23H,4,6-9H2,(H,19,24,25). The fourth-order valence-corrected chi connectivity index (χ4v) is 4.01. The van der Waals surface area contributed by atoms with Crippen molar-refractivity contribution in [3.05, 3.63) is 24.4 Å². The molecule has 1 aliphatic carbocycles. The van der Waals surface area contributed by atoms with E-state index in [9.17, 15) is 14.7 Å². The molecule has 8 nitrogen and oxygen atoms in total. The summed E-state index contributed by atoms with van der Waals surface area (Å²) < 4.78 is 7.65. The molecule has 1 saturated heterocycles. The highest BCUT2D eigenvalue weighted by Crippen LogP contribution is 2.41. The number of rotatable bonds is 3. The number of nitrogens with zero attached hydrogens (tertiary/aromatic N) is 3. The van der Waals surface area contributed by atoms with E-state index in [1.165, 1.54) is 4.90 Å². The van der Waals surface area contributed by atoms with E-state index in [0.717, 1.165) is 29.1 Å². The summed E-state index contributed by atoms with van der Waals surface area (Å²) in [4.78, 5) is 25.1. The molecule has 8 heteroatoms. The molecule has 3 amide bonds. The predicted octanol–water partition coefficient (Wildman–Crippen LogP) is 2.17. The second-order valence-corrected chi connectivity index (χ2v) is 7.03. The molecule has 2 fully saturated rings. The highest BCUT2D eigenvalue weighted by atomic mass is 16.5. The molecule has 1 saturated carbocycles. The first-order valence-corrected chi connectivity index (χ1v) is 8.77. The Labute approximate surface area is 148 Å². The summed E-state index contributed by atoms with van der Waals surface area (Å²) in [5, 5.41) is 17.4. The van der Waals surface area contributed by atoms with Gasteiger partial charge in [-0.25, -0.2) is 4.79 Å². The van der Waals surface area contributed by atoms with Gasteiger partial charge >= 0.3 is 6.03 Å². The van der Waals surface area contributed by atoms with E-state index in [1.54, 1.807) is 0 Å². The van der Waals surface area contributed by atoms with Gasteiger partial charge < -0.3 is 14.2 Å².